The molecule has 3 N–H and O–H groups in total. The molecule has 158 valence electrons. The maximum atomic E-state index is 13.7. The predicted molar refractivity (Wildman–Crippen MR) is 114 cm³/mol. The summed E-state index contributed by atoms with van der Waals surface area (Å²) in [6.45, 7) is 9.95. The van der Waals surface area contributed by atoms with E-state index < -0.39 is 24.9 Å². The van der Waals surface area contributed by atoms with Gasteiger partial charge in [0.05, 0.1) is 24.5 Å². The molecule has 1 amide bonds. The number of aryl methyl sites for hydroxylation is 1. The number of alkyl halides is 2. The fourth-order valence-corrected chi connectivity index (χ4v) is 3.20. The van der Waals surface area contributed by atoms with Gasteiger partial charge >= 0.3 is 0 Å². The van der Waals surface area contributed by atoms with Gasteiger partial charge in [0.25, 0.3) is 5.92 Å². The summed E-state index contributed by atoms with van der Waals surface area (Å²) in [6, 6.07) is 6.70. The Morgan fingerprint density at radius 3 is 2.62 bits per heavy atom. The fraction of sp³-hybridized carbons (Fsp3) is 0.409. The monoisotopic (exact) mass is 404 g/mol. The van der Waals surface area contributed by atoms with E-state index in [9.17, 15) is 13.6 Å². The van der Waals surface area contributed by atoms with Crippen LogP contribution in [0.1, 0.15) is 38.3 Å². The van der Waals surface area contributed by atoms with Crippen LogP contribution in [0.5, 0.6) is 0 Å². The van der Waals surface area contributed by atoms with Crippen LogP contribution < -0.4 is 5.73 Å². The Kier molecular flexibility index (Phi) is 8.88. The summed E-state index contributed by atoms with van der Waals surface area (Å²) in [6.07, 6.45) is 2.44. The molecular formula is C22H30F2N4O. The van der Waals surface area contributed by atoms with E-state index in [1.165, 1.54) is 13.1 Å². The molecule has 2 heterocycles. The van der Waals surface area contributed by atoms with Crippen molar-refractivity contribution < 1.29 is 13.6 Å². The summed E-state index contributed by atoms with van der Waals surface area (Å²) >= 11 is 0. The van der Waals surface area contributed by atoms with Crippen molar-refractivity contribution in [3.8, 4) is 0 Å². The van der Waals surface area contributed by atoms with Gasteiger partial charge in [-0.25, -0.2) is 8.78 Å². The van der Waals surface area contributed by atoms with Crippen LogP contribution in [0.2, 0.25) is 0 Å². The lowest BCUT2D eigenvalue weighted by molar-refractivity contribution is -0.131. The molecule has 0 aliphatic carbocycles. The third-order valence-corrected chi connectivity index (χ3v) is 4.42. The fourth-order valence-electron chi connectivity index (χ4n) is 3.20. The lowest BCUT2D eigenvalue weighted by Crippen LogP contribution is -2.40. The normalized spacial score (nSPS) is 16.9. The van der Waals surface area contributed by atoms with Gasteiger partial charge in [0.1, 0.15) is 0 Å². The van der Waals surface area contributed by atoms with E-state index in [-0.39, 0.29) is 18.0 Å². The number of amides is 1. The summed E-state index contributed by atoms with van der Waals surface area (Å²) < 4.78 is 27.4. The molecule has 1 saturated heterocycles. The number of likely N-dealkylation sites (tertiary alicyclic amines) is 1. The number of pyridine rings is 1. The lowest BCUT2D eigenvalue weighted by atomic mass is 10.0. The molecule has 5 nitrogen and oxygen atoms in total. The second-order valence-electron chi connectivity index (χ2n) is 6.68. The number of nitrogens with zero attached hydrogens (tertiary/aromatic N) is 2. The smallest absolute Gasteiger partial charge is 0.267 e. The molecule has 0 spiro atoms. The molecule has 0 bridgehead atoms. The van der Waals surface area contributed by atoms with E-state index in [1.807, 2.05) is 39.0 Å². The third-order valence-electron chi connectivity index (χ3n) is 4.42. The average molecular weight is 405 g/mol. The number of fused-ring (bicyclic) bond motifs is 1. The van der Waals surface area contributed by atoms with Crippen LogP contribution in [0.15, 0.2) is 43.2 Å². The van der Waals surface area contributed by atoms with E-state index in [1.54, 1.807) is 12.3 Å². The Balaban J connectivity index is 0.000000771. The topological polar surface area (TPSA) is 83.1 Å². The van der Waals surface area contributed by atoms with Crippen LogP contribution in [0, 0.1) is 12.3 Å². The number of hydrogen-bond donors (Lipinski definition) is 2. The second-order valence-corrected chi connectivity index (χ2v) is 6.68. The zero-order chi connectivity index (χ0) is 22.2. The maximum Gasteiger partial charge on any atom is 0.267 e. The first-order valence-electron chi connectivity index (χ1n) is 9.57. The van der Waals surface area contributed by atoms with Gasteiger partial charge < -0.3 is 16.0 Å². The highest BCUT2D eigenvalue weighted by Crippen LogP contribution is 2.33. The van der Waals surface area contributed by atoms with Crippen LogP contribution in [-0.2, 0) is 11.2 Å². The largest absolute Gasteiger partial charge is 0.405 e. The third kappa shape index (κ3) is 6.34. The molecule has 0 saturated carbocycles. The minimum absolute atomic E-state index is 0.0297. The minimum atomic E-state index is -2.93. The Labute approximate surface area is 171 Å². The van der Waals surface area contributed by atoms with E-state index in [2.05, 4.69) is 17.3 Å². The molecule has 1 aliphatic rings. The Hall–Kier alpha value is -2.83. The molecule has 1 fully saturated rings. The predicted octanol–water partition coefficient (Wildman–Crippen LogP) is 4.48. The van der Waals surface area contributed by atoms with Crippen molar-refractivity contribution >= 4 is 22.5 Å². The van der Waals surface area contributed by atoms with Gasteiger partial charge in [0, 0.05) is 23.7 Å². The minimum Gasteiger partial charge on any atom is -0.405 e. The molecule has 3 rings (SSSR count). The Morgan fingerprint density at radius 2 is 2.03 bits per heavy atom. The van der Waals surface area contributed by atoms with E-state index in [4.69, 9.17) is 5.41 Å². The standard InChI is InChI=1S/C18H19F2N3O.C2H5N.C2H6/c1-11-3-4-14-13(5-6-22-15(14)7-11)8-17(24)23-10-18(19,20)9-16(23)12(2)21;1-2-3;1-2/h3-7,16,21H,8-10H2,1-2H3;2H,1,3H2;1-2H3. The number of carbonyl (C=O) groups is 1. The van der Waals surface area contributed by atoms with Gasteiger partial charge in [-0.15, -0.1) is 0 Å². The molecule has 0 radical (unpaired) electrons. The molecular weight excluding hydrogens is 374 g/mol. The lowest BCUT2D eigenvalue weighted by Gasteiger charge is -2.23. The first-order valence-corrected chi connectivity index (χ1v) is 9.57. The Morgan fingerprint density at radius 1 is 1.41 bits per heavy atom. The summed E-state index contributed by atoms with van der Waals surface area (Å²) in [5.74, 6) is -3.31. The van der Waals surface area contributed by atoms with E-state index in [0.29, 0.717) is 0 Å². The summed E-state index contributed by atoms with van der Waals surface area (Å²) in [4.78, 5) is 18.0. The highest BCUT2D eigenvalue weighted by atomic mass is 19.3. The summed E-state index contributed by atoms with van der Waals surface area (Å²) in [5, 5.41) is 8.54. The van der Waals surface area contributed by atoms with Crippen LogP contribution in [-0.4, -0.2) is 40.0 Å². The first kappa shape index (κ1) is 24.2. The molecule has 1 aromatic carbocycles. The number of nitrogens with one attached hydrogen (secondary N) is 1. The van der Waals surface area contributed by atoms with Gasteiger partial charge in [0.15, 0.2) is 0 Å². The maximum absolute atomic E-state index is 13.7. The van der Waals surface area contributed by atoms with Crippen molar-refractivity contribution in [2.24, 2.45) is 5.73 Å². The van der Waals surface area contributed by atoms with Crippen molar-refractivity contribution in [2.45, 2.75) is 52.5 Å². The molecule has 1 aromatic heterocycles. The van der Waals surface area contributed by atoms with Gasteiger partial charge in [-0.2, -0.15) is 0 Å². The van der Waals surface area contributed by atoms with Crippen molar-refractivity contribution in [1.82, 2.24) is 9.88 Å². The van der Waals surface area contributed by atoms with Crippen molar-refractivity contribution in [3.63, 3.8) is 0 Å². The molecule has 7 heteroatoms. The van der Waals surface area contributed by atoms with Crippen LogP contribution in [0.3, 0.4) is 0 Å². The zero-order valence-electron chi connectivity index (χ0n) is 17.5. The van der Waals surface area contributed by atoms with Crippen molar-refractivity contribution in [3.05, 3.63) is 54.4 Å². The van der Waals surface area contributed by atoms with Gasteiger partial charge in [0.2, 0.25) is 5.91 Å². The van der Waals surface area contributed by atoms with E-state index in [0.717, 1.165) is 26.9 Å². The summed E-state index contributed by atoms with van der Waals surface area (Å²) in [5.41, 5.74) is 7.32. The number of aromatic nitrogens is 1. The van der Waals surface area contributed by atoms with Crippen LogP contribution in [0.25, 0.3) is 10.9 Å². The van der Waals surface area contributed by atoms with Gasteiger partial charge in [-0.05, 0) is 43.3 Å². The SMILES string of the molecule is C=CN.CC.CC(=N)C1CC(F)(F)CN1C(=O)Cc1ccnc2cc(C)ccc12. The summed E-state index contributed by atoms with van der Waals surface area (Å²) in [7, 11) is 0. The number of benzene rings is 1. The first-order chi connectivity index (χ1) is 13.7. The van der Waals surface area contributed by atoms with Crippen LogP contribution >= 0.6 is 0 Å². The second kappa shape index (κ2) is 10.6. The molecule has 1 unspecified atom stereocenters. The number of carbonyl (C=O) groups excluding carboxylic acids is 1. The number of rotatable bonds is 3. The average Bonchev–Trinajstić information content (AvgIpc) is 3.00. The van der Waals surface area contributed by atoms with E-state index >= 15 is 0 Å². The van der Waals surface area contributed by atoms with Gasteiger partial charge in [-0.1, -0.05) is 32.6 Å². The molecule has 29 heavy (non-hydrogen) atoms. The van der Waals surface area contributed by atoms with Crippen molar-refractivity contribution in [2.75, 3.05) is 6.54 Å². The quantitative estimate of drug-likeness (QED) is 0.740. The highest BCUT2D eigenvalue weighted by Gasteiger charge is 2.47. The molecule has 2 aromatic rings. The molecule has 1 aliphatic heterocycles. The number of hydrogen-bond acceptors (Lipinski definition) is 4. The Bertz CT molecular complexity index is 867. The van der Waals surface area contributed by atoms with Crippen molar-refractivity contribution in [1.29, 1.82) is 5.41 Å². The number of nitrogens with two attached hydrogens (primary N) is 1. The van der Waals surface area contributed by atoms with Gasteiger partial charge in [-0.3, -0.25) is 9.78 Å². The zero-order valence-corrected chi connectivity index (χ0v) is 17.5. The van der Waals surface area contributed by atoms with Crippen LogP contribution in [0.4, 0.5) is 8.78 Å². The highest BCUT2D eigenvalue weighted by molar-refractivity contribution is 5.93. The number of halogens is 2. The molecule has 1 atom stereocenters.